The SMILES string of the molecule is Cc1ccc(C(=O)NNc2cccc(CN3CCN(S(C)(=O)=O)CC3)c2F)cn1. The monoisotopic (exact) mass is 421 g/mol. The predicted molar refractivity (Wildman–Crippen MR) is 108 cm³/mol. The molecule has 156 valence electrons. The highest BCUT2D eigenvalue weighted by Crippen LogP contribution is 2.20. The number of aromatic nitrogens is 1. The Balaban J connectivity index is 1.59. The van der Waals surface area contributed by atoms with Crippen LogP contribution in [0.1, 0.15) is 21.6 Å². The summed E-state index contributed by atoms with van der Waals surface area (Å²) in [5.41, 5.74) is 6.88. The van der Waals surface area contributed by atoms with E-state index in [1.807, 2.05) is 11.8 Å². The minimum Gasteiger partial charge on any atom is -0.296 e. The number of benzene rings is 1. The summed E-state index contributed by atoms with van der Waals surface area (Å²) in [5, 5.41) is 0. The molecule has 2 N–H and O–H groups in total. The summed E-state index contributed by atoms with van der Waals surface area (Å²) < 4.78 is 39.5. The number of hydrazine groups is 1. The van der Waals surface area contributed by atoms with Gasteiger partial charge in [-0.1, -0.05) is 12.1 Å². The third kappa shape index (κ3) is 5.49. The van der Waals surface area contributed by atoms with Gasteiger partial charge in [0.25, 0.3) is 5.91 Å². The van der Waals surface area contributed by atoms with Crippen molar-refractivity contribution >= 4 is 21.6 Å². The number of carbonyl (C=O) groups is 1. The minimum atomic E-state index is -3.20. The molecule has 0 atom stereocenters. The molecule has 1 amide bonds. The van der Waals surface area contributed by atoms with Gasteiger partial charge in [-0.15, -0.1) is 0 Å². The van der Waals surface area contributed by atoms with Crippen molar-refractivity contribution in [3.63, 3.8) is 0 Å². The number of anilines is 1. The molecule has 2 heterocycles. The lowest BCUT2D eigenvalue weighted by Gasteiger charge is -2.33. The van der Waals surface area contributed by atoms with Gasteiger partial charge in [0.1, 0.15) is 0 Å². The van der Waals surface area contributed by atoms with E-state index in [-0.39, 0.29) is 5.69 Å². The molecule has 1 aliphatic heterocycles. The third-order valence-electron chi connectivity index (χ3n) is 4.76. The van der Waals surface area contributed by atoms with E-state index in [0.29, 0.717) is 43.9 Å². The van der Waals surface area contributed by atoms with Gasteiger partial charge in [-0.3, -0.25) is 25.5 Å². The fraction of sp³-hybridized carbons (Fsp3) is 0.368. The molecule has 2 aromatic rings. The van der Waals surface area contributed by atoms with Crippen molar-refractivity contribution < 1.29 is 17.6 Å². The normalized spacial score (nSPS) is 15.8. The van der Waals surface area contributed by atoms with Gasteiger partial charge in [-0.25, -0.2) is 12.8 Å². The average molecular weight is 421 g/mol. The Bertz CT molecular complexity index is 974. The van der Waals surface area contributed by atoms with Crippen molar-refractivity contribution in [1.29, 1.82) is 0 Å². The summed E-state index contributed by atoms with van der Waals surface area (Å²) in [5.74, 6) is -0.875. The molecular weight excluding hydrogens is 397 g/mol. The van der Waals surface area contributed by atoms with Crippen LogP contribution < -0.4 is 10.9 Å². The quantitative estimate of drug-likeness (QED) is 0.684. The Hall–Kier alpha value is -2.56. The second kappa shape index (κ2) is 8.85. The first-order chi connectivity index (χ1) is 13.7. The fourth-order valence-corrected chi connectivity index (χ4v) is 3.88. The first-order valence-electron chi connectivity index (χ1n) is 9.18. The molecule has 10 heteroatoms. The number of amides is 1. The van der Waals surface area contributed by atoms with E-state index in [9.17, 15) is 17.6 Å². The Morgan fingerprint density at radius 2 is 1.90 bits per heavy atom. The zero-order valence-electron chi connectivity index (χ0n) is 16.4. The number of nitrogens with zero attached hydrogens (tertiary/aromatic N) is 3. The predicted octanol–water partition coefficient (Wildman–Crippen LogP) is 1.36. The van der Waals surface area contributed by atoms with Crippen molar-refractivity contribution in [2.45, 2.75) is 13.5 Å². The Labute approximate surface area is 169 Å². The molecule has 0 bridgehead atoms. The van der Waals surface area contributed by atoms with E-state index in [1.54, 1.807) is 24.3 Å². The molecule has 3 rings (SSSR count). The van der Waals surface area contributed by atoms with Crippen LogP contribution in [0.3, 0.4) is 0 Å². The lowest BCUT2D eigenvalue weighted by atomic mass is 10.1. The Kier molecular flexibility index (Phi) is 6.46. The molecule has 1 aromatic heterocycles. The van der Waals surface area contributed by atoms with Crippen LogP contribution in [0, 0.1) is 12.7 Å². The van der Waals surface area contributed by atoms with E-state index in [1.165, 1.54) is 22.8 Å². The number of pyridine rings is 1. The number of piperazine rings is 1. The molecule has 0 aliphatic carbocycles. The number of aryl methyl sites for hydroxylation is 1. The van der Waals surface area contributed by atoms with Gasteiger partial charge in [0.05, 0.1) is 17.5 Å². The molecule has 0 unspecified atom stereocenters. The summed E-state index contributed by atoms with van der Waals surface area (Å²) in [6.45, 7) is 4.01. The second-order valence-electron chi connectivity index (χ2n) is 6.98. The molecule has 0 saturated carbocycles. The van der Waals surface area contributed by atoms with Gasteiger partial charge in [-0.05, 0) is 25.1 Å². The van der Waals surface area contributed by atoms with Gasteiger partial charge < -0.3 is 0 Å². The summed E-state index contributed by atoms with van der Waals surface area (Å²) in [7, 11) is -3.20. The van der Waals surface area contributed by atoms with Crippen LogP contribution in [0.15, 0.2) is 36.5 Å². The maximum absolute atomic E-state index is 14.8. The molecular formula is C19H24FN5O3S. The van der Waals surface area contributed by atoms with Crippen molar-refractivity contribution in [2.75, 3.05) is 37.9 Å². The lowest BCUT2D eigenvalue weighted by molar-refractivity contribution is 0.0962. The smallest absolute Gasteiger partial charge is 0.271 e. The lowest BCUT2D eigenvalue weighted by Crippen LogP contribution is -2.47. The zero-order valence-corrected chi connectivity index (χ0v) is 17.2. The van der Waals surface area contributed by atoms with Crippen molar-refractivity contribution in [3.8, 4) is 0 Å². The van der Waals surface area contributed by atoms with E-state index in [4.69, 9.17) is 0 Å². The van der Waals surface area contributed by atoms with Crippen LogP contribution >= 0.6 is 0 Å². The van der Waals surface area contributed by atoms with E-state index >= 15 is 0 Å². The van der Waals surface area contributed by atoms with Crippen LogP contribution in [0.2, 0.25) is 0 Å². The molecule has 8 nitrogen and oxygen atoms in total. The maximum atomic E-state index is 14.8. The van der Waals surface area contributed by atoms with E-state index < -0.39 is 21.7 Å². The van der Waals surface area contributed by atoms with Crippen molar-refractivity contribution in [1.82, 2.24) is 19.6 Å². The third-order valence-corrected chi connectivity index (χ3v) is 6.06. The Morgan fingerprint density at radius 3 is 2.52 bits per heavy atom. The molecule has 29 heavy (non-hydrogen) atoms. The Morgan fingerprint density at radius 1 is 1.17 bits per heavy atom. The zero-order chi connectivity index (χ0) is 21.0. The van der Waals surface area contributed by atoms with E-state index in [2.05, 4.69) is 15.8 Å². The van der Waals surface area contributed by atoms with Gasteiger partial charge in [0, 0.05) is 50.2 Å². The molecule has 0 spiro atoms. The van der Waals surface area contributed by atoms with Crippen LogP contribution in [-0.4, -0.2) is 60.9 Å². The summed E-state index contributed by atoms with van der Waals surface area (Å²) in [4.78, 5) is 18.2. The number of hydrogen-bond donors (Lipinski definition) is 2. The highest BCUT2D eigenvalue weighted by Gasteiger charge is 2.24. The summed E-state index contributed by atoms with van der Waals surface area (Å²) in [6.07, 6.45) is 2.65. The number of rotatable bonds is 6. The van der Waals surface area contributed by atoms with Crippen LogP contribution in [-0.2, 0) is 16.6 Å². The molecule has 1 aromatic carbocycles. The highest BCUT2D eigenvalue weighted by atomic mass is 32.2. The van der Waals surface area contributed by atoms with Crippen LogP contribution in [0.5, 0.6) is 0 Å². The molecule has 1 saturated heterocycles. The summed E-state index contributed by atoms with van der Waals surface area (Å²) >= 11 is 0. The first kappa shape index (κ1) is 21.2. The van der Waals surface area contributed by atoms with Gasteiger partial charge in [0.2, 0.25) is 10.0 Å². The standard InChI is InChI=1S/C19H24FN5O3S/c1-14-6-7-15(12-21-14)19(26)23-22-17-5-3-4-16(18(17)20)13-24-8-10-25(11-9-24)29(2,27)28/h3-7,12,22H,8-11,13H2,1-2H3,(H,23,26). The van der Waals surface area contributed by atoms with Crippen LogP contribution in [0.4, 0.5) is 10.1 Å². The van der Waals surface area contributed by atoms with E-state index in [0.717, 1.165) is 5.69 Å². The van der Waals surface area contributed by atoms with Gasteiger partial charge in [0.15, 0.2) is 5.82 Å². The van der Waals surface area contributed by atoms with Crippen LogP contribution in [0.25, 0.3) is 0 Å². The van der Waals surface area contributed by atoms with Gasteiger partial charge >= 0.3 is 0 Å². The minimum absolute atomic E-state index is 0.158. The topological polar surface area (TPSA) is 94.6 Å². The van der Waals surface area contributed by atoms with Gasteiger partial charge in [-0.2, -0.15) is 4.31 Å². The number of carbonyl (C=O) groups excluding carboxylic acids is 1. The summed E-state index contributed by atoms with van der Waals surface area (Å²) in [6, 6.07) is 8.28. The molecule has 0 radical (unpaired) electrons. The first-order valence-corrected chi connectivity index (χ1v) is 11.0. The number of hydrogen-bond acceptors (Lipinski definition) is 6. The molecule has 1 fully saturated rings. The van der Waals surface area contributed by atoms with Crippen molar-refractivity contribution in [2.24, 2.45) is 0 Å². The number of halogens is 1. The molecule has 1 aliphatic rings. The largest absolute Gasteiger partial charge is 0.296 e. The fourth-order valence-electron chi connectivity index (χ4n) is 3.06. The maximum Gasteiger partial charge on any atom is 0.271 e. The average Bonchev–Trinajstić information content (AvgIpc) is 2.68. The number of sulfonamides is 1. The van der Waals surface area contributed by atoms with Crippen molar-refractivity contribution in [3.05, 3.63) is 59.2 Å². The number of nitrogens with one attached hydrogen (secondary N) is 2. The second-order valence-corrected chi connectivity index (χ2v) is 8.97. The highest BCUT2D eigenvalue weighted by molar-refractivity contribution is 7.88.